The highest BCUT2D eigenvalue weighted by Gasteiger charge is 2.12. The summed E-state index contributed by atoms with van der Waals surface area (Å²) >= 11 is 3.42. The number of amides is 1. The van der Waals surface area contributed by atoms with Crippen molar-refractivity contribution < 1.29 is 4.79 Å². The summed E-state index contributed by atoms with van der Waals surface area (Å²) in [6.07, 6.45) is 3.21. The molecule has 2 aromatic heterocycles. The molecule has 0 radical (unpaired) electrons. The molecule has 0 saturated heterocycles. The molecule has 2 heterocycles. The predicted octanol–water partition coefficient (Wildman–Crippen LogP) is 1.86. The molecule has 4 N–H and O–H groups in total. The molecule has 0 aliphatic carbocycles. The van der Waals surface area contributed by atoms with Gasteiger partial charge in [0.15, 0.2) is 0 Å². The largest absolute Gasteiger partial charge is 0.396 e. The number of benzene rings is 1. The van der Waals surface area contributed by atoms with Crippen molar-refractivity contribution in [2.45, 2.75) is 0 Å². The Hall–Kier alpha value is -2.41. The summed E-state index contributed by atoms with van der Waals surface area (Å²) < 4.78 is 2.44. The SMILES string of the molecule is NC(=O)c1ccn(-c2c(N)cnc3ccc(Br)cc23)n1. The van der Waals surface area contributed by atoms with Crippen molar-refractivity contribution in [3.8, 4) is 5.69 Å². The van der Waals surface area contributed by atoms with Gasteiger partial charge >= 0.3 is 0 Å². The molecule has 0 fully saturated rings. The summed E-state index contributed by atoms with van der Waals surface area (Å²) in [7, 11) is 0. The number of nitrogen functional groups attached to an aromatic ring is 1. The zero-order chi connectivity index (χ0) is 14.3. The summed E-state index contributed by atoms with van der Waals surface area (Å²) in [4.78, 5) is 15.4. The molecule has 6 nitrogen and oxygen atoms in total. The quantitative estimate of drug-likeness (QED) is 0.748. The number of halogens is 1. The average Bonchev–Trinajstić information content (AvgIpc) is 2.88. The third-order valence-electron chi connectivity index (χ3n) is 2.90. The fraction of sp³-hybridized carbons (Fsp3) is 0. The molecule has 0 saturated carbocycles. The van der Waals surface area contributed by atoms with E-state index < -0.39 is 5.91 Å². The summed E-state index contributed by atoms with van der Waals surface area (Å²) in [6.45, 7) is 0. The van der Waals surface area contributed by atoms with Crippen molar-refractivity contribution in [1.82, 2.24) is 14.8 Å². The molecule has 0 aliphatic rings. The maximum atomic E-state index is 11.1. The first-order valence-corrected chi connectivity index (χ1v) is 6.55. The van der Waals surface area contributed by atoms with Gasteiger partial charge in [-0.1, -0.05) is 15.9 Å². The van der Waals surface area contributed by atoms with Crippen LogP contribution in [0.1, 0.15) is 10.5 Å². The fourth-order valence-corrected chi connectivity index (χ4v) is 2.36. The second kappa shape index (κ2) is 4.61. The Bertz CT molecular complexity index is 821. The molecule has 1 aromatic carbocycles. The van der Waals surface area contributed by atoms with E-state index in [2.05, 4.69) is 26.0 Å². The number of primary amides is 1. The third-order valence-corrected chi connectivity index (χ3v) is 3.39. The lowest BCUT2D eigenvalue weighted by atomic mass is 10.1. The lowest BCUT2D eigenvalue weighted by Crippen LogP contribution is -2.12. The normalized spacial score (nSPS) is 10.8. The third kappa shape index (κ3) is 2.01. The van der Waals surface area contributed by atoms with Crippen LogP contribution in [0.2, 0.25) is 0 Å². The van der Waals surface area contributed by atoms with Gasteiger partial charge in [0.25, 0.3) is 5.91 Å². The minimum Gasteiger partial charge on any atom is -0.396 e. The van der Waals surface area contributed by atoms with Gasteiger partial charge in [-0.3, -0.25) is 9.78 Å². The molecule has 3 rings (SSSR count). The first kappa shape index (κ1) is 12.6. The number of nitrogens with zero attached hydrogens (tertiary/aromatic N) is 3. The molecule has 0 bridgehead atoms. The number of hydrogen-bond acceptors (Lipinski definition) is 4. The minimum atomic E-state index is -0.582. The van der Waals surface area contributed by atoms with E-state index in [1.165, 1.54) is 4.68 Å². The van der Waals surface area contributed by atoms with Gasteiger partial charge in [-0.2, -0.15) is 5.10 Å². The monoisotopic (exact) mass is 331 g/mol. The Morgan fingerprint density at radius 3 is 2.80 bits per heavy atom. The summed E-state index contributed by atoms with van der Waals surface area (Å²) in [6, 6.07) is 7.22. The van der Waals surface area contributed by atoms with E-state index in [9.17, 15) is 4.79 Å². The van der Waals surface area contributed by atoms with Crippen LogP contribution in [0.25, 0.3) is 16.6 Å². The van der Waals surface area contributed by atoms with Crippen LogP contribution in [0.5, 0.6) is 0 Å². The van der Waals surface area contributed by atoms with Crippen LogP contribution >= 0.6 is 15.9 Å². The number of anilines is 1. The Kier molecular flexibility index (Phi) is 2.90. The van der Waals surface area contributed by atoms with Gasteiger partial charge in [0.2, 0.25) is 0 Å². The zero-order valence-corrected chi connectivity index (χ0v) is 11.8. The molecule has 20 heavy (non-hydrogen) atoms. The molecule has 1 amide bonds. The fourth-order valence-electron chi connectivity index (χ4n) is 2.00. The predicted molar refractivity (Wildman–Crippen MR) is 79.5 cm³/mol. The van der Waals surface area contributed by atoms with Gasteiger partial charge in [-0.25, -0.2) is 4.68 Å². The Balaban J connectivity index is 2.30. The highest BCUT2D eigenvalue weighted by atomic mass is 79.9. The molecule has 3 aromatic rings. The molecule has 100 valence electrons. The standard InChI is InChI=1S/C13H10BrN5O/c14-7-1-2-10-8(5-7)12(9(15)6-17-10)19-4-3-11(18-19)13(16)20/h1-6H,15H2,(H2,16,20). The van der Waals surface area contributed by atoms with Gasteiger partial charge < -0.3 is 11.5 Å². The van der Waals surface area contributed by atoms with Gasteiger partial charge in [-0.15, -0.1) is 0 Å². The van der Waals surface area contributed by atoms with Crippen molar-refractivity contribution >= 4 is 38.4 Å². The van der Waals surface area contributed by atoms with Gasteiger partial charge in [0.05, 0.1) is 23.1 Å². The molecular weight excluding hydrogens is 322 g/mol. The molecule has 7 heteroatoms. The Morgan fingerprint density at radius 1 is 1.30 bits per heavy atom. The second-order valence-electron chi connectivity index (χ2n) is 4.23. The average molecular weight is 332 g/mol. The molecule has 0 spiro atoms. The van der Waals surface area contributed by atoms with Crippen molar-refractivity contribution in [3.05, 3.63) is 46.8 Å². The summed E-state index contributed by atoms with van der Waals surface area (Å²) in [5.41, 5.74) is 13.3. The number of fused-ring (bicyclic) bond motifs is 1. The van der Waals surface area contributed by atoms with E-state index in [1.807, 2.05) is 18.2 Å². The van der Waals surface area contributed by atoms with Crippen LogP contribution in [-0.2, 0) is 0 Å². The minimum absolute atomic E-state index is 0.185. The molecule has 0 unspecified atom stereocenters. The van der Waals surface area contributed by atoms with Crippen molar-refractivity contribution in [2.24, 2.45) is 5.73 Å². The number of carbonyl (C=O) groups is 1. The number of nitrogens with two attached hydrogens (primary N) is 2. The number of aromatic nitrogens is 3. The number of rotatable bonds is 2. The van der Waals surface area contributed by atoms with Crippen LogP contribution in [-0.4, -0.2) is 20.7 Å². The lowest BCUT2D eigenvalue weighted by Gasteiger charge is -2.09. The molecule has 0 aliphatic heterocycles. The maximum absolute atomic E-state index is 11.1. The zero-order valence-electron chi connectivity index (χ0n) is 10.2. The second-order valence-corrected chi connectivity index (χ2v) is 5.15. The van der Waals surface area contributed by atoms with Crippen molar-refractivity contribution in [3.63, 3.8) is 0 Å². The number of hydrogen-bond donors (Lipinski definition) is 2. The van der Waals surface area contributed by atoms with E-state index in [1.54, 1.807) is 18.5 Å². The lowest BCUT2D eigenvalue weighted by molar-refractivity contribution is 0.0995. The molecular formula is C13H10BrN5O. The van der Waals surface area contributed by atoms with Crippen LogP contribution in [0.3, 0.4) is 0 Å². The van der Waals surface area contributed by atoms with Crippen LogP contribution in [0.15, 0.2) is 41.1 Å². The van der Waals surface area contributed by atoms with Gasteiger partial charge in [-0.05, 0) is 24.3 Å². The van der Waals surface area contributed by atoms with E-state index in [4.69, 9.17) is 11.5 Å². The van der Waals surface area contributed by atoms with Crippen molar-refractivity contribution in [1.29, 1.82) is 0 Å². The highest BCUT2D eigenvalue weighted by molar-refractivity contribution is 9.10. The van der Waals surface area contributed by atoms with Crippen LogP contribution < -0.4 is 11.5 Å². The van der Waals surface area contributed by atoms with Crippen LogP contribution in [0, 0.1) is 0 Å². The van der Waals surface area contributed by atoms with E-state index in [-0.39, 0.29) is 5.69 Å². The van der Waals surface area contributed by atoms with Gasteiger partial charge in [0, 0.05) is 16.1 Å². The summed E-state index contributed by atoms with van der Waals surface area (Å²) in [5, 5.41) is 4.97. The molecule has 0 atom stereocenters. The number of pyridine rings is 1. The van der Waals surface area contributed by atoms with Crippen molar-refractivity contribution in [2.75, 3.05) is 5.73 Å². The Morgan fingerprint density at radius 2 is 2.10 bits per heavy atom. The smallest absolute Gasteiger partial charge is 0.269 e. The summed E-state index contributed by atoms with van der Waals surface area (Å²) in [5.74, 6) is -0.582. The first-order chi connectivity index (χ1) is 9.56. The van der Waals surface area contributed by atoms with E-state index >= 15 is 0 Å². The van der Waals surface area contributed by atoms with Crippen LogP contribution in [0.4, 0.5) is 5.69 Å². The Labute approximate surface area is 122 Å². The number of carbonyl (C=O) groups excluding carboxylic acids is 1. The topological polar surface area (TPSA) is 99.8 Å². The van der Waals surface area contributed by atoms with Gasteiger partial charge in [0.1, 0.15) is 5.69 Å². The highest BCUT2D eigenvalue weighted by Crippen LogP contribution is 2.28. The van der Waals surface area contributed by atoms with E-state index in [0.717, 1.165) is 15.4 Å². The van der Waals surface area contributed by atoms with E-state index in [0.29, 0.717) is 11.4 Å². The first-order valence-electron chi connectivity index (χ1n) is 5.76. The maximum Gasteiger partial charge on any atom is 0.269 e.